The van der Waals surface area contributed by atoms with Gasteiger partial charge in [-0.25, -0.2) is 9.97 Å². The predicted molar refractivity (Wildman–Crippen MR) is 67.3 cm³/mol. The van der Waals surface area contributed by atoms with Gasteiger partial charge in [0.05, 0.1) is 0 Å². The van der Waals surface area contributed by atoms with Crippen LogP contribution in [0.4, 0.5) is 19.0 Å². The van der Waals surface area contributed by atoms with Crippen molar-refractivity contribution in [2.45, 2.75) is 44.3 Å². The first-order chi connectivity index (χ1) is 8.88. The minimum absolute atomic E-state index is 0.181. The molecule has 0 saturated heterocycles. The van der Waals surface area contributed by atoms with Gasteiger partial charge in [0.1, 0.15) is 11.0 Å². The molecule has 19 heavy (non-hydrogen) atoms. The molecule has 1 aliphatic carbocycles. The van der Waals surface area contributed by atoms with Gasteiger partial charge in [0.2, 0.25) is 5.82 Å². The molecular formula is C12H15ClF3N3. The molecule has 0 N–H and O–H groups in total. The van der Waals surface area contributed by atoms with Gasteiger partial charge < -0.3 is 4.90 Å². The SMILES string of the molecule is CN(c1cc(Cl)nc(C(F)(F)F)n1)C1CCCCC1. The maximum atomic E-state index is 12.7. The van der Waals surface area contributed by atoms with Gasteiger partial charge in [-0.3, -0.25) is 0 Å². The average molecular weight is 294 g/mol. The van der Waals surface area contributed by atoms with Crippen LogP contribution < -0.4 is 4.90 Å². The molecule has 106 valence electrons. The molecule has 0 amide bonds. The Morgan fingerprint density at radius 3 is 2.42 bits per heavy atom. The number of hydrogen-bond acceptors (Lipinski definition) is 3. The second-order valence-electron chi connectivity index (χ2n) is 4.77. The summed E-state index contributed by atoms with van der Waals surface area (Å²) in [6, 6.07) is 1.60. The number of halogens is 4. The van der Waals surface area contributed by atoms with E-state index in [0.29, 0.717) is 0 Å². The van der Waals surface area contributed by atoms with Crippen LogP contribution in [-0.4, -0.2) is 23.1 Å². The summed E-state index contributed by atoms with van der Waals surface area (Å²) in [6.45, 7) is 0. The zero-order chi connectivity index (χ0) is 14.0. The average Bonchev–Trinajstić information content (AvgIpc) is 2.37. The highest BCUT2D eigenvalue weighted by molar-refractivity contribution is 6.29. The first-order valence-corrected chi connectivity index (χ1v) is 6.60. The number of anilines is 1. The van der Waals surface area contributed by atoms with Gasteiger partial charge in [-0.15, -0.1) is 0 Å². The number of rotatable bonds is 2. The van der Waals surface area contributed by atoms with Crippen molar-refractivity contribution in [3.8, 4) is 0 Å². The van der Waals surface area contributed by atoms with E-state index in [1.165, 1.54) is 12.5 Å². The molecule has 1 aromatic rings. The topological polar surface area (TPSA) is 29.0 Å². The molecule has 0 radical (unpaired) electrons. The van der Waals surface area contributed by atoms with Gasteiger partial charge in [0.15, 0.2) is 0 Å². The van der Waals surface area contributed by atoms with Crippen molar-refractivity contribution in [2.75, 3.05) is 11.9 Å². The molecule has 2 rings (SSSR count). The van der Waals surface area contributed by atoms with E-state index in [9.17, 15) is 13.2 Å². The normalized spacial score (nSPS) is 17.5. The minimum atomic E-state index is -4.58. The van der Waals surface area contributed by atoms with Crippen molar-refractivity contribution in [1.29, 1.82) is 0 Å². The maximum Gasteiger partial charge on any atom is 0.451 e. The molecule has 1 saturated carbocycles. The smallest absolute Gasteiger partial charge is 0.357 e. The lowest BCUT2D eigenvalue weighted by atomic mass is 9.94. The summed E-state index contributed by atoms with van der Waals surface area (Å²) in [7, 11) is 1.76. The lowest BCUT2D eigenvalue weighted by Gasteiger charge is -2.32. The van der Waals surface area contributed by atoms with E-state index < -0.39 is 12.0 Å². The van der Waals surface area contributed by atoms with Gasteiger partial charge in [-0.1, -0.05) is 30.9 Å². The molecule has 0 spiro atoms. The third kappa shape index (κ3) is 3.49. The van der Waals surface area contributed by atoms with E-state index in [1.54, 1.807) is 11.9 Å². The number of nitrogens with zero attached hydrogens (tertiary/aromatic N) is 3. The molecule has 1 aromatic heterocycles. The van der Waals surface area contributed by atoms with Crippen LogP contribution in [0.1, 0.15) is 37.9 Å². The zero-order valence-corrected chi connectivity index (χ0v) is 11.3. The fourth-order valence-corrected chi connectivity index (χ4v) is 2.55. The summed E-state index contributed by atoms with van der Waals surface area (Å²) in [6.07, 6.45) is 0.745. The first-order valence-electron chi connectivity index (χ1n) is 6.22. The Labute approximate surface area is 114 Å². The van der Waals surface area contributed by atoms with Gasteiger partial charge in [0.25, 0.3) is 0 Å². The highest BCUT2D eigenvalue weighted by Crippen LogP contribution is 2.31. The van der Waals surface area contributed by atoms with Crippen molar-refractivity contribution in [3.05, 3.63) is 17.0 Å². The number of aromatic nitrogens is 2. The maximum absolute atomic E-state index is 12.7. The Morgan fingerprint density at radius 2 is 1.84 bits per heavy atom. The van der Waals surface area contributed by atoms with Crippen molar-refractivity contribution in [1.82, 2.24) is 9.97 Å². The Balaban J connectivity index is 2.26. The molecule has 0 bridgehead atoms. The van der Waals surface area contributed by atoms with Gasteiger partial charge in [-0.05, 0) is 12.8 Å². The largest absolute Gasteiger partial charge is 0.451 e. The van der Waals surface area contributed by atoms with Crippen molar-refractivity contribution >= 4 is 17.4 Å². The predicted octanol–water partition coefficient (Wildman–Crippen LogP) is 3.92. The summed E-state index contributed by atoms with van der Waals surface area (Å²) >= 11 is 5.66. The van der Waals surface area contributed by atoms with Crippen LogP contribution in [0.5, 0.6) is 0 Å². The van der Waals surface area contributed by atoms with Crippen LogP contribution in [0.3, 0.4) is 0 Å². The highest BCUT2D eigenvalue weighted by atomic mass is 35.5. The van der Waals surface area contributed by atoms with E-state index in [2.05, 4.69) is 9.97 Å². The Bertz CT molecular complexity index is 444. The zero-order valence-electron chi connectivity index (χ0n) is 10.5. The summed E-state index contributed by atoms with van der Waals surface area (Å²) in [5.41, 5.74) is 0. The second kappa shape index (κ2) is 5.53. The second-order valence-corrected chi connectivity index (χ2v) is 5.16. The van der Waals surface area contributed by atoms with Gasteiger partial charge in [-0.2, -0.15) is 13.2 Å². The molecule has 0 unspecified atom stereocenters. The first kappa shape index (κ1) is 14.4. The molecule has 0 aromatic carbocycles. The van der Waals surface area contributed by atoms with Crippen LogP contribution in [0.2, 0.25) is 5.15 Å². The fraction of sp³-hybridized carbons (Fsp3) is 0.667. The summed E-state index contributed by atoms with van der Waals surface area (Å²) < 4.78 is 38.0. The van der Waals surface area contributed by atoms with E-state index in [1.807, 2.05) is 0 Å². The van der Waals surface area contributed by atoms with Gasteiger partial charge >= 0.3 is 6.18 Å². The minimum Gasteiger partial charge on any atom is -0.357 e. The molecule has 1 fully saturated rings. The molecule has 0 atom stereocenters. The molecule has 1 heterocycles. The monoisotopic (exact) mass is 293 g/mol. The van der Waals surface area contributed by atoms with Crippen molar-refractivity contribution in [2.24, 2.45) is 0 Å². The quantitative estimate of drug-likeness (QED) is 0.774. The van der Waals surface area contributed by atoms with Crippen LogP contribution in [-0.2, 0) is 6.18 Å². The number of hydrogen-bond donors (Lipinski definition) is 0. The van der Waals surface area contributed by atoms with E-state index in [0.717, 1.165) is 25.7 Å². The molecule has 0 aliphatic heterocycles. The van der Waals surface area contributed by atoms with Crippen LogP contribution >= 0.6 is 11.6 Å². The Hall–Kier alpha value is -1.04. The Morgan fingerprint density at radius 1 is 1.21 bits per heavy atom. The molecule has 7 heteroatoms. The fourth-order valence-electron chi connectivity index (χ4n) is 2.37. The summed E-state index contributed by atoms with van der Waals surface area (Å²) in [5, 5.41) is -0.181. The molecule has 1 aliphatic rings. The van der Waals surface area contributed by atoms with E-state index >= 15 is 0 Å². The number of alkyl halides is 3. The van der Waals surface area contributed by atoms with Crippen molar-refractivity contribution < 1.29 is 13.2 Å². The lowest BCUT2D eigenvalue weighted by Crippen LogP contribution is -2.34. The van der Waals surface area contributed by atoms with E-state index in [-0.39, 0.29) is 17.0 Å². The standard InChI is InChI=1S/C12H15ClF3N3/c1-19(8-5-3-2-4-6-8)10-7-9(13)17-11(18-10)12(14,15)16/h7-8H,2-6H2,1H3. The molecule has 3 nitrogen and oxygen atoms in total. The van der Waals surface area contributed by atoms with E-state index in [4.69, 9.17) is 11.6 Å². The molecular weight excluding hydrogens is 279 g/mol. The van der Waals surface area contributed by atoms with Crippen LogP contribution in [0, 0.1) is 0 Å². The third-order valence-corrected chi connectivity index (χ3v) is 3.61. The van der Waals surface area contributed by atoms with Crippen LogP contribution in [0.25, 0.3) is 0 Å². The summed E-state index contributed by atoms with van der Waals surface area (Å²) in [4.78, 5) is 8.60. The summed E-state index contributed by atoms with van der Waals surface area (Å²) in [5.74, 6) is -0.947. The highest BCUT2D eigenvalue weighted by Gasteiger charge is 2.36. The third-order valence-electron chi connectivity index (χ3n) is 3.42. The van der Waals surface area contributed by atoms with Gasteiger partial charge in [0, 0.05) is 19.2 Å². The van der Waals surface area contributed by atoms with Crippen molar-refractivity contribution in [3.63, 3.8) is 0 Å². The lowest BCUT2D eigenvalue weighted by molar-refractivity contribution is -0.144. The Kier molecular flexibility index (Phi) is 4.18. The van der Waals surface area contributed by atoms with Crippen LogP contribution in [0.15, 0.2) is 6.07 Å².